The largest absolute Gasteiger partial charge is 0.379 e. The highest BCUT2D eigenvalue weighted by Crippen LogP contribution is 2.20. The Morgan fingerprint density at radius 2 is 2.26 bits per heavy atom. The van der Waals surface area contributed by atoms with Gasteiger partial charge in [0.05, 0.1) is 19.1 Å². The lowest BCUT2D eigenvalue weighted by molar-refractivity contribution is -0.120. The number of anilines is 1. The molecule has 0 bridgehead atoms. The molecule has 2 N–H and O–H groups in total. The topological polar surface area (TPSA) is 50.4 Å². The minimum Gasteiger partial charge on any atom is -0.379 e. The first-order valence-corrected chi connectivity index (χ1v) is 6.50. The molecule has 1 aromatic carbocycles. The summed E-state index contributed by atoms with van der Waals surface area (Å²) < 4.78 is 18.5. The smallest absolute Gasteiger partial charge is 0.231 e. The van der Waals surface area contributed by atoms with Crippen LogP contribution in [0.5, 0.6) is 0 Å². The minimum atomic E-state index is -0.355. The summed E-state index contributed by atoms with van der Waals surface area (Å²) in [6.45, 7) is 5.55. The predicted molar refractivity (Wildman–Crippen MR) is 71.5 cm³/mol. The quantitative estimate of drug-likeness (QED) is 0.872. The van der Waals surface area contributed by atoms with E-state index >= 15 is 0 Å². The number of benzene rings is 1. The van der Waals surface area contributed by atoms with Crippen LogP contribution in [0.15, 0.2) is 18.2 Å². The standard InChI is InChI=1S/C14H19FN2O2/c1-3-16-13-8-19-7-11(13)14(18)17-12-6-10(15)5-4-9(12)2/h4-6,11,13,16H,3,7-8H2,1-2H3,(H,17,18). The molecule has 1 heterocycles. The molecule has 4 nitrogen and oxygen atoms in total. The van der Waals surface area contributed by atoms with E-state index < -0.39 is 0 Å². The summed E-state index contributed by atoms with van der Waals surface area (Å²) in [5.74, 6) is -0.716. The van der Waals surface area contributed by atoms with Crippen molar-refractivity contribution in [3.05, 3.63) is 29.6 Å². The van der Waals surface area contributed by atoms with Crippen LogP contribution in [-0.2, 0) is 9.53 Å². The SMILES string of the molecule is CCNC1COCC1C(=O)Nc1cc(F)ccc1C. The van der Waals surface area contributed by atoms with Gasteiger partial charge in [-0.25, -0.2) is 4.39 Å². The van der Waals surface area contributed by atoms with Gasteiger partial charge in [0, 0.05) is 11.7 Å². The Hall–Kier alpha value is -1.46. The Bertz CT molecular complexity index is 465. The van der Waals surface area contributed by atoms with Crippen LogP contribution in [0.4, 0.5) is 10.1 Å². The molecule has 2 atom stereocenters. The number of hydrogen-bond acceptors (Lipinski definition) is 3. The van der Waals surface area contributed by atoms with Crippen LogP contribution in [0.2, 0.25) is 0 Å². The Morgan fingerprint density at radius 3 is 3.00 bits per heavy atom. The van der Waals surface area contributed by atoms with Crippen molar-refractivity contribution in [3.63, 3.8) is 0 Å². The van der Waals surface area contributed by atoms with Gasteiger partial charge in [-0.1, -0.05) is 13.0 Å². The van der Waals surface area contributed by atoms with Crippen molar-refractivity contribution in [2.45, 2.75) is 19.9 Å². The number of amides is 1. The lowest BCUT2D eigenvalue weighted by Gasteiger charge is -2.18. The zero-order valence-electron chi connectivity index (χ0n) is 11.2. The maximum absolute atomic E-state index is 13.2. The second kappa shape index (κ2) is 6.12. The van der Waals surface area contributed by atoms with Gasteiger partial charge >= 0.3 is 0 Å². The van der Waals surface area contributed by atoms with E-state index in [0.29, 0.717) is 18.9 Å². The van der Waals surface area contributed by atoms with Crippen LogP contribution in [0.25, 0.3) is 0 Å². The molecule has 0 saturated carbocycles. The van der Waals surface area contributed by atoms with E-state index in [4.69, 9.17) is 4.74 Å². The maximum Gasteiger partial charge on any atom is 0.231 e. The van der Waals surface area contributed by atoms with Gasteiger partial charge in [0.15, 0.2) is 0 Å². The highest BCUT2D eigenvalue weighted by molar-refractivity contribution is 5.94. The van der Waals surface area contributed by atoms with Gasteiger partial charge in [-0.3, -0.25) is 4.79 Å². The minimum absolute atomic E-state index is 0.0267. The Kier molecular flexibility index (Phi) is 4.50. The average molecular weight is 266 g/mol. The fourth-order valence-corrected chi connectivity index (χ4v) is 2.23. The zero-order valence-corrected chi connectivity index (χ0v) is 11.2. The molecule has 2 unspecified atom stereocenters. The number of halogens is 1. The zero-order chi connectivity index (χ0) is 13.8. The van der Waals surface area contributed by atoms with Gasteiger partial charge in [0.2, 0.25) is 5.91 Å². The molecule has 1 fully saturated rings. The van der Waals surface area contributed by atoms with Crippen LogP contribution >= 0.6 is 0 Å². The van der Waals surface area contributed by atoms with E-state index in [0.717, 1.165) is 12.1 Å². The Morgan fingerprint density at radius 1 is 1.47 bits per heavy atom. The fourth-order valence-electron chi connectivity index (χ4n) is 2.23. The van der Waals surface area contributed by atoms with Crippen molar-refractivity contribution >= 4 is 11.6 Å². The molecule has 1 aliphatic rings. The van der Waals surface area contributed by atoms with Crippen LogP contribution in [-0.4, -0.2) is 31.7 Å². The number of rotatable bonds is 4. The van der Waals surface area contributed by atoms with Gasteiger partial charge in [-0.05, 0) is 31.2 Å². The molecule has 0 aromatic heterocycles. The molecule has 5 heteroatoms. The lowest BCUT2D eigenvalue weighted by Crippen LogP contribution is -2.41. The van der Waals surface area contributed by atoms with E-state index in [1.807, 2.05) is 13.8 Å². The average Bonchev–Trinajstić information content (AvgIpc) is 2.82. The molecule has 1 amide bonds. The molecule has 1 saturated heterocycles. The van der Waals surface area contributed by atoms with Crippen molar-refractivity contribution in [2.24, 2.45) is 5.92 Å². The summed E-state index contributed by atoms with van der Waals surface area (Å²) in [5, 5.41) is 6.01. The third-order valence-corrected chi connectivity index (χ3v) is 3.34. The second-order valence-corrected chi connectivity index (χ2v) is 4.76. The van der Waals surface area contributed by atoms with Crippen molar-refractivity contribution in [2.75, 3.05) is 25.1 Å². The Labute approximate surface area is 112 Å². The summed E-state index contributed by atoms with van der Waals surface area (Å²) in [7, 11) is 0. The van der Waals surface area contributed by atoms with Gasteiger partial charge in [0.1, 0.15) is 5.82 Å². The van der Waals surface area contributed by atoms with Crippen LogP contribution in [0, 0.1) is 18.7 Å². The van der Waals surface area contributed by atoms with Crippen molar-refractivity contribution in [1.29, 1.82) is 0 Å². The number of carbonyl (C=O) groups is 1. The molecule has 19 heavy (non-hydrogen) atoms. The Balaban J connectivity index is 2.06. The molecule has 104 valence electrons. The van der Waals surface area contributed by atoms with Gasteiger partial charge in [-0.2, -0.15) is 0 Å². The van der Waals surface area contributed by atoms with Crippen molar-refractivity contribution in [3.8, 4) is 0 Å². The summed E-state index contributed by atoms with van der Waals surface area (Å²) in [6.07, 6.45) is 0. The highest BCUT2D eigenvalue weighted by atomic mass is 19.1. The molecule has 0 spiro atoms. The summed E-state index contributed by atoms with van der Waals surface area (Å²) >= 11 is 0. The molecule has 0 radical (unpaired) electrons. The molecular formula is C14H19FN2O2. The molecule has 1 aromatic rings. The maximum atomic E-state index is 13.2. The number of ether oxygens (including phenoxy) is 1. The lowest BCUT2D eigenvalue weighted by atomic mass is 10.0. The highest BCUT2D eigenvalue weighted by Gasteiger charge is 2.33. The van der Waals surface area contributed by atoms with Gasteiger partial charge in [-0.15, -0.1) is 0 Å². The van der Waals surface area contributed by atoms with Crippen LogP contribution < -0.4 is 10.6 Å². The number of likely N-dealkylation sites (N-methyl/N-ethyl adjacent to an activating group) is 1. The van der Waals surface area contributed by atoms with E-state index in [1.165, 1.54) is 12.1 Å². The van der Waals surface area contributed by atoms with E-state index in [1.54, 1.807) is 6.07 Å². The van der Waals surface area contributed by atoms with E-state index in [2.05, 4.69) is 10.6 Å². The van der Waals surface area contributed by atoms with Crippen LogP contribution in [0.3, 0.4) is 0 Å². The number of hydrogen-bond donors (Lipinski definition) is 2. The monoisotopic (exact) mass is 266 g/mol. The molecule has 0 aliphatic carbocycles. The fraction of sp³-hybridized carbons (Fsp3) is 0.500. The second-order valence-electron chi connectivity index (χ2n) is 4.76. The van der Waals surface area contributed by atoms with Crippen LogP contribution in [0.1, 0.15) is 12.5 Å². The third-order valence-electron chi connectivity index (χ3n) is 3.34. The molecule has 1 aliphatic heterocycles. The van der Waals surface area contributed by atoms with Crippen molar-refractivity contribution < 1.29 is 13.9 Å². The first kappa shape index (κ1) is 14.0. The van der Waals surface area contributed by atoms with E-state index in [9.17, 15) is 9.18 Å². The first-order valence-electron chi connectivity index (χ1n) is 6.50. The first-order chi connectivity index (χ1) is 9.11. The summed E-state index contributed by atoms with van der Waals surface area (Å²) in [6, 6.07) is 4.40. The third kappa shape index (κ3) is 3.30. The van der Waals surface area contributed by atoms with Gasteiger partial charge in [0.25, 0.3) is 0 Å². The van der Waals surface area contributed by atoms with Crippen molar-refractivity contribution in [1.82, 2.24) is 5.32 Å². The molecule has 2 rings (SSSR count). The number of aryl methyl sites for hydroxylation is 1. The number of carbonyl (C=O) groups excluding carboxylic acids is 1. The predicted octanol–water partition coefficient (Wildman–Crippen LogP) is 1.70. The molecular weight excluding hydrogens is 247 g/mol. The van der Waals surface area contributed by atoms with E-state index in [-0.39, 0.29) is 23.7 Å². The number of nitrogens with one attached hydrogen (secondary N) is 2. The van der Waals surface area contributed by atoms with Gasteiger partial charge < -0.3 is 15.4 Å². The summed E-state index contributed by atoms with van der Waals surface area (Å²) in [5.41, 5.74) is 1.36. The summed E-state index contributed by atoms with van der Waals surface area (Å²) in [4.78, 5) is 12.2. The normalized spacial score (nSPS) is 22.5.